The van der Waals surface area contributed by atoms with E-state index in [0.29, 0.717) is 23.2 Å². The van der Waals surface area contributed by atoms with Gasteiger partial charge < -0.3 is 10.1 Å². The van der Waals surface area contributed by atoms with E-state index in [0.717, 1.165) is 42.3 Å². The number of nitrogens with zero attached hydrogens (tertiary/aromatic N) is 4. The molecular weight excluding hydrogens is 412 g/mol. The molecule has 0 spiro atoms. The number of ether oxygens (including phenoxy) is 1. The molecular formula is C22H22N6O4. The molecule has 1 aromatic carbocycles. The summed E-state index contributed by atoms with van der Waals surface area (Å²) in [7, 11) is 0. The maximum atomic E-state index is 12.8. The second-order valence-corrected chi connectivity index (χ2v) is 7.88. The molecule has 0 unspecified atom stereocenters. The Morgan fingerprint density at radius 3 is 2.72 bits per heavy atom. The van der Waals surface area contributed by atoms with Crippen molar-refractivity contribution in [2.24, 2.45) is 0 Å². The summed E-state index contributed by atoms with van der Waals surface area (Å²) >= 11 is 0. The van der Waals surface area contributed by atoms with E-state index in [1.165, 1.54) is 0 Å². The molecule has 1 aliphatic rings. The number of hydrogen-bond donors (Lipinski definition) is 2. The highest BCUT2D eigenvalue weighted by atomic mass is 16.5. The summed E-state index contributed by atoms with van der Waals surface area (Å²) in [6, 6.07) is 9.07. The summed E-state index contributed by atoms with van der Waals surface area (Å²) in [6.07, 6.45) is 6.01. The summed E-state index contributed by atoms with van der Waals surface area (Å²) in [5.41, 5.74) is 2.30. The predicted molar refractivity (Wildman–Crippen MR) is 117 cm³/mol. The molecule has 10 heteroatoms. The van der Waals surface area contributed by atoms with Gasteiger partial charge in [0.1, 0.15) is 18.0 Å². The van der Waals surface area contributed by atoms with E-state index >= 15 is 0 Å². The molecule has 0 aliphatic heterocycles. The van der Waals surface area contributed by atoms with Gasteiger partial charge in [-0.05, 0) is 49.6 Å². The second-order valence-electron chi connectivity index (χ2n) is 7.88. The van der Waals surface area contributed by atoms with Crippen LogP contribution in [-0.2, 0) is 6.61 Å². The first kappa shape index (κ1) is 20.0. The molecule has 0 radical (unpaired) electrons. The largest absolute Gasteiger partial charge is 0.486 e. The predicted octanol–water partition coefficient (Wildman–Crippen LogP) is 3.21. The number of benzene rings is 1. The molecule has 4 aromatic rings. The summed E-state index contributed by atoms with van der Waals surface area (Å²) in [4.78, 5) is 35.3. The highest BCUT2D eigenvalue weighted by Crippen LogP contribution is 2.31. The van der Waals surface area contributed by atoms with Gasteiger partial charge in [0.25, 0.3) is 5.56 Å². The van der Waals surface area contributed by atoms with Gasteiger partial charge >= 0.3 is 5.76 Å². The molecule has 0 bridgehead atoms. The van der Waals surface area contributed by atoms with Crippen LogP contribution in [0.5, 0.6) is 5.75 Å². The molecule has 2 N–H and O–H groups in total. The Balaban J connectivity index is 1.37. The molecule has 10 nitrogen and oxygen atoms in total. The SMILES string of the molecule is Cc1cc(=O)n(C2CCCC2)c2nc(Nc3ccc(OCc4noc(=O)[nH]4)cc3)ncc12. The third kappa shape index (κ3) is 3.98. The van der Waals surface area contributed by atoms with Gasteiger partial charge in [-0.2, -0.15) is 4.98 Å². The van der Waals surface area contributed by atoms with Crippen molar-refractivity contribution >= 4 is 22.7 Å². The zero-order valence-electron chi connectivity index (χ0n) is 17.5. The van der Waals surface area contributed by atoms with E-state index in [2.05, 4.69) is 25.0 Å². The molecule has 3 heterocycles. The summed E-state index contributed by atoms with van der Waals surface area (Å²) in [5, 5.41) is 7.63. The molecule has 32 heavy (non-hydrogen) atoms. The standard InChI is InChI=1S/C22H22N6O4/c1-13-10-19(29)28(15-4-2-3-5-15)20-17(13)11-23-21(26-20)24-14-6-8-16(9-7-14)31-12-18-25-22(30)32-27-18/h6-11,15H,2-5,12H2,1H3,(H,23,24,26)(H,25,27,30). The maximum Gasteiger partial charge on any atom is 0.439 e. The number of hydrogen-bond acceptors (Lipinski definition) is 8. The molecule has 1 aliphatic carbocycles. The first-order chi connectivity index (χ1) is 15.6. The van der Waals surface area contributed by atoms with Crippen molar-refractivity contribution in [2.75, 3.05) is 5.32 Å². The van der Waals surface area contributed by atoms with Gasteiger partial charge in [-0.3, -0.25) is 18.9 Å². The number of aromatic amines is 1. The molecule has 164 valence electrons. The molecule has 0 amide bonds. The van der Waals surface area contributed by atoms with Crippen molar-refractivity contribution < 1.29 is 9.26 Å². The summed E-state index contributed by atoms with van der Waals surface area (Å²) in [6.45, 7) is 2.00. The Morgan fingerprint density at radius 2 is 2.00 bits per heavy atom. The van der Waals surface area contributed by atoms with E-state index in [-0.39, 0.29) is 18.2 Å². The fourth-order valence-corrected chi connectivity index (χ4v) is 4.08. The van der Waals surface area contributed by atoms with Crippen LogP contribution in [0.2, 0.25) is 0 Å². The van der Waals surface area contributed by atoms with Crippen LogP contribution < -0.4 is 21.4 Å². The second kappa shape index (κ2) is 8.29. The highest BCUT2D eigenvalue weighted by Gasteiger charge is 2.21. The monoisotopic (exact) mass is 434 g/mol. The lowest BCUT2D eigenvalue weighted by molar-refractivity contribution is 0.285. The van der Waals surface area contributed by atoms with Crippen LogP contribution in [0.15, 0.2) is 50.6 Å². The van der Waals surface area contributed by atoms with Gasteiger partial charge in [0.15, 0.2) is 5.82 Å². The van der Waals surface area contributed by atoms with Crippen molar-refractivity contribution in [3.05, 3.63) is 68.8 Å². The Morgan fingerprint density at radius 1 is 1.22 bits per heavy atom. The third-order valence-corrected chi connectivity index (χ3v) is 5.66. The molecule has 1 saturated carbocycles. The number of aromatic nitrogens is 5. The van der Waals surface area contributed by atoms with Crippen molar-refractivity contribution in [1.29, 1.82) is 0 Å². The number of anilines is 2. The van der Waals surface area contributed by atoms with Crippen LogP contribution in [0.1, 0.15) is 43.1 Å². The van der Waals surface area contributed by atoms with Crippen molar-refractivity contribution in [3.8, 4) is 5.75 Å². The van der Waals surface area contributed by atoms with E-state index in [9.17, 15) is 9.59 Å². The van der Waals surface area contributed by atoms with Crippen LogP contribution in [0.25, 0.3) is 11.0 Å². The number of fused-ring (bicyclic) bond motifs is 1. The zero-order chi connectivity index (χ0) is 22.1. The van der Waals surface area contributed by atoms with E-state index in [4.69, 9.17) is 9.72 Å². The lowest BCUT2D eigenvalue weighted by atomic mass is 10.1. The van der Waals surface area contributed by atoms with Gasteiger partial charge in [0.2, 0.25) is 5.95 Å². The van der Waals surface area contributed by atoms with Gasteiger partial charge in [0.05, 0.1) is 0 Å². The Kier molecular flexibility index (Phi) is 5.18. The number of pyridine rings is 1. The third-order valence-electron chi connectivity index (χ3n) is 5.66. The van der Waals surface area contributed by atoms with Crippen molar-refractivity contribution in [1.82, 2.24) is 24.7 Å². The Hall–Kier alpha value is -3.95. The number of rotatable bonds is 6. The average molecular weight is 434 g/mol. The lowest BCUT2D eigenvalue weighted by Crippen LogP contribution is -2.24. The minimum atomic E-state index is -0.618. The molecule has 1 fully saturated rings. The molecule has 0 saturated heterocycles. The fourth-order valence-electron chi connectivity index (χ4n) is 4.08. The lowest BCUT2D eigenvalue weighted by Gasteiger charge is -2.17. The van der Waals surface area contributed by atoms with E-state index < -0.39 is 5.76 Å². The van der Waals surface area contributed by atoms with Gasteiger partial charge in [-0.25, -0.2) is 9.78 Å². The average Bonchev–Trinajstić information content (AvgIpc) is 3.45. The van der Waals surface area contributed by atoms with E-state index in [1.807, 2.05) is 23.6 Å². The summed E-state index contributed by atoms with van der Waals surface area (Å²) in [5.74, 6) is 0.713. The normalized spacial score (nSPS) is 14.2. The topological polar surface area (TPSA) is 128 Å². The first-order valence-corrected chi connectivity index (χ1v) is 10.5. The number of nitrogens with one attached hydrogen (secondary N) is 2. The molecule has 0 atom stereocenters. The van der Waals surface area contributed by atoms with Crippen molar-refractivity contribution in [3.63, 3.8) is 0 Å². The van der Waals surface area contributed by atoms with Crippen LogP contribution in [0.3, 0.4) is 0 Å². The maximum absolute atomic E-state index is 12.8. The van der Waals surface area contributed by atoms with Crippen LogP contribution >= 0.6 is 0 Å². The minimum Gasteiger partial charge on any atom is -0.486 e. The van der Waals surface area contributed by atoms with Gasteiger partial charge in [0, 0.05) is 29.4 Å². The minimum absolute atomic E-state index is 0.0125. The molecule has 5 rings (SSSR count). The quantitative estimate of drug-likeness (QED) is 0.473. The number of H-pyrrole nitrogens is 1. The first-order valence-electron chi connectivity index (χ1n) is 10.5. The number of aryl methyl sites for hydroxylation is 1. The van der Waals surface area contributed by atoms with Gasteiger partial charge in [-0.15, -0.1) is 0 Å². The zero-order valence-corrected chi connectivity index (χ0v) is 17.5. The highest BCUT2D eigenvalue weighted by molar-refractivity contribution is 5.79. The Labute approximate surface area is 182 Å². The van der Waals surface area contributed by atoms with Crippen LogP contribution in [-0.4, -0.2) is 24.7 Å². The summed E-state index contributed by atoms with van der Waals surface area (Å²) < 4.78 is 11.8. The van der Waals surface area contributed by atoms with Crippen LogP contribution in [0, 0.1) is 6.92 Å². The van der Waals surface area contributed by atoms with E-state index in [1.54, 1.807) is 24.4 Å². The fraction of sp³-hybridized carbons (Fsp3) is 0.318. The van der Waals surface area contributed by atoms with Crippen LogP contribution in [0.4, 0.5) is 11.6 Å². The Bertz CT molecular complexity index is 1370. The smallest absolute Gasteiger partial charge is 0.439 e. The van der Waals surface area contributed by atoms with Gasteiger partial charge in [-0.1, -0.05) is 18.0 Å². The van der Waals surface area contributed by atoms with Crippen molar-refractivity contribution in [2.45, 2.75) is 45.3 Å². The molecule has 3 aromatic heterocycles.